The van der Waals surface area contributed by atoms with Crippen LogP contribution in [0.15, 0.2) is 42.7 Å². The zero-order chi connectivity index (χ0) is 17.6. The van der Waals surface area contributed by atoms with Gasteiger partial charge in [-0.25, -0.2) is 0 Å². The molecule has 1 aliphatic rings. The van der Waals surface area contributed by atoms with E-state index < -0.39 is 0 Å². The van der Waals surface area contributed by atoms with Crippen molar-refractivity contribution in [1.29, 1.82) is 0 Å². The molecular formula is C19H27ClN4O2. The first-order chi connectivity index (χ1) is 12.2. The summed E-state index contributed by atoms with van der Waals surface area (Å²) in [4.78, 5) is 14.8. The summed E-state index contributed by atoms with van der Waals surface area (Å²) in [6, 6.07) is 9.57. The summed E-state index contributed by atoms with van der Waals surface area (Å²) in [6.07, 6.45) is 5.59. The van der Waals surface area contributed by atoms with Crippen LogP contribution in [0, 0.1) is 5.92 Å². The zero-order valence-corrected chi connectivity index (χ0v) is 16.1. The van der Waals surface area contributed by atoms with Crippen LogP contribution in [-0.4, -0.2) is 47.3 Å². The first-order valence-corrected chi connectivity index (χ1v) is 8.80. The molecular weight excluding hydrogens is 352 g/mol. The fourth-order valence-corrected chi connectivity index (χ4v) is 3.26. The van der Waals surface area contributed by atoms with Gasteiger partial charge in [-0.05, 0) is 37.9 Å². The van der Waals surface area contributed by atoms with E-state index in [2.05, 4.69) is 10.4 Å². The number of aromatic nitrogens is 2. The summed E-state index contributed by atoms with van der Waals surface area (Å²) in [5, 5.41) is 7.28. The molecule has 1 aliphatic heterocycles. The SMILES string of the molecule is CNC(C(=O)N1CCC(COc2ccccc2)CC1)c1cnn(C)c1.Cl. The highest BCUT2D eigenvalue weighted by atomic mass is 35.5. The molecule has 0 spiro atoms. The van der Waals surface area contributed by atoms with Gasteiger partial charge in [0.2, 0.25) is 5.91 Å². The highest BCUT2D eigenvalue weighted by molar-refractivity contribution is 5.85. The molecule has 3 rings (SSSR count). The molecule has 7 heteroatoms. The quantitative estimate of drug-likeness (QED) is 0.838. The number of amides is 1. The smallest absolute Gasteiger partial charge is 0.244 e. The average molecular weight is 379 g/mol. The van der Waals surface area contributed by atoms with Gasteiger partial charge in [0.15, 0.2) is 0 Å². The number of hydrogen-bond acceptors (Lipinski definition) is 4. The van der Waals surface area contributed by atoms with Crippen LogP contribution in [0.2, 0.25) is 0 Å². The van der Waals surface area contributed by atoms with Crippen molar-refractivity contribution in [3.8, 4) is 5.75 Å². The number of carbonyl (C=O) groups excluding carboxylic acids is 1. The van der Waals surface area contributed by atoms with Crippen molar-refractivity contribution in [2.75, 3.05) is 26.7 Å². The summed E-state index contributed by atoms with van der Waals surface area (Å²) < 4.78 is 7.58. The average Bonchev–Trinajstić information content (AvgIpc) is 3.08. The molecule has 1 unspecified atom stereocenters. The van der Waals surface area contributed by atoms with Crippen molar-refractivity contribution >= 4 is 18.3 Å². The minimum absolute atomic E-state index is 0. The van der Waals surface area contributed by atoms with E-state index in [0.29, 0.717) is 12.5 Å². The summed E-state index contributed by atoms with van der Waals surface area (Å²) in [6.45, 7) is 2.27. The lowest BCUT2D eigenvalue weighted by atomic mass is 9.96. The van der Waals surface area contributed by atoms with Crippen LogP contribution in [0.3, 0.4) is 0 Å². The second-order valence-corrected chi connectivity index (χ2v) is 6.56. The van der Waals surface area contributed by atoms with Crippen LogP contribution in [-0.2, 0) is 11.8 Å². The van der Waals surface area contributed by atoms with Crippen LogP contribution >= 0.6 is 12.4 Å². The predicted octanol–water partition coefficient (Wildman–Crippen LogP) is 2.42. The molecule has 142 valence electrons. The Labute approximate surface area is 160 Å². The van der Waals surface area contributed by atoms with Gasteiger partial charge in [-0.15, -0.1) is 12.4 Å². The number of halogens is 1. The molecule has 1 fully saturated rings. The second-order valence-electron chi connectivity index (χ2n) is 6.56. The van der Waals surface area contributed by atoms with Gasteiger partial charge in [0.05, 0.1) is 12.8 Å². The molecule has 1 amide bonds. The third kappa shape index (κ3) is 4.99. The first-order valence-electron chi connectivity index (χ1n) is 8.80. The Hall–Kier alpha value is -2.05. The molecule has 0 radical (unpaired) electrons. The van der Waals surface area contributed by atoms with E-state index in [-0.39, 0.29) is 24.4 Å². The Balaban J connectivity index is 0.00000243. The van der Waals surface area contributed by atoms with Crippen molar-refractivity contribution in [2.45, 2.75) is 18.9 Å². The molecule has 0 aliphatic carbocycles. The van der Waals surface area contributed by atoms with Crippen LogP contribution in [0.4, 0.5) is 0 Å². The maximum absolute atomic E-state index is 12.8. The highest BCUT2D eigenvalue weighted by Crippen LogP contribution is 2.22. The summed E-state index contributed by atoms with van der Waals surface area (Å²) >= 11 is 0. The molecule has 2 aromatic rings. The van der Waals surface area contributed by atoms with Crippen LogP contribution < -0.4 is 10.1 Å². The number of benzene rings is 1. The van der Waals surface area contributed by atoms with Crippen LogP contribution in [0.1, 0.15) is 24.4 Å². The van der Waals surface area contributed by atoms with Gasteiger partial charge in [-0.3, -0.25) is 9.48 Å². The number of rotatable bonds is 6. The lowest BCUT2D eigenvalue weighted by Gasteiger charge is -2.34. The number of likely N-dealkylation sites (N-methyl/N-ethyl adjacent to an activating group) is 1. The Kier molecular flexibility index (Phi) is 7.48. The van der Waals surface area contributed by atoms with E-state index in [0.717, 1.165) is 37.2 Å². The molecule has 1 atom stereocenters. The number of likely N-dealkylation sites (tertiary alicyclic amines) is 1. The number of hydrogen-bond donors (Lipinski definition) is 1. The fourth-order valence-electron chi connectivity index (χ4n) is 3.26. The van der Waals surface area contributed by atoms with Crippen molar-refractivity contribution in [2.24, 2.45) is 13.0 Å². The molecule has 2 heterocycles. The standard InChI is InChI=1S/C19H26N4O2.ClH/c1-20-18(16-12-21-22(2)13-16)19(24)23-10-8-15(9-11-23)14-25-17-6-4-3-5-7-17;/h3-7,12-13,15,18,20H,8-11,14H2,1-2H3;1H. The zero-order valence-electron chi connectivity index (χ0n) is 15.3. The van der Waals surface area contributed by atoms with Crippen LogP contribution in [0.25, 0.3) is 0 Å². The lowest BCUT2D eigenvalue weighted by Crippen LogP contribution is -2.44. The Bertz CT molecular complexity index is 684. The summed E-state index contributed by atoms with van der Waals surface area (Å²) in [7, 11) is 3.68. The number of carbonyl (C=O) groups is 1. The van der Waals surface area contributed by atoms with E-state index >= 15 is 0 Å². The van der Waals surface area contributed by atoms with E-state index in [4.69, 9.17) is 4.74 Å². The molecule has 6 nitrogen and oxygen atoms in total. The molecule has 1 saturated heterocycles. The summed E-state index contributed by atoms with van der Waals surface area (Å²) in [5.74, 6) is 1.53. The second kappa shape index (κ2) is 9.59. The van der Waals surface area contributed by atoms with Crippen molar-refractivity contribution in [1.82, 2.24) is 20.0 Å². The van der Waals surface area contributed by atoms with E-state index in [9.17, 15) is 4.79 Å². The molecule has 0 bridgehead atoms. The summed E-state index contributed by atoms with van der Waals surface area (Å²) in [5.41, 5.74) is 0.907. The van der Waals surface area contributed by atoms with Crippen molar-refractivity contribution in [3.63, 3.8) is 0 Å². The molecule has 26 heavy (non-hydrogen) atoms. The number of aryl methyl sites for hydroxylation is 1. The Morgan fingerprint density at radius 3 is 2.58 bits per heavy atom. The monoisotopic (exact) mass is 378 g/mol. The topological polar surface area (TPSA) is 59.4 Å². The van der Waals surface area contributed by atoms with E-state index in [1.54, 1.807) is 10.9 Å². The first kappa shape index (κ1) is 20.3. The number of piperidine rings is 1. The van der Waals surface area contributed by atoms with Gasteiger partial charge < -0.3 is 15.0 Å². The number of ether oxygens (including phenoxy) is 1. The molecule has 1 aromatic carbocycles. The van der Waals surface area contributed by atoms with Gasteiger partial charge in [-0.2, -0.15) is 5.10 Å². The van der Waals surface area contributed by atoms with Gasteiger partial charge in [0.1, 0.15) is 11.8 Å². The third-order valence-corrected chi connectivity index (χ3v) is 4.75. The van der Waals surface area contributed by atoms with Crippen molar-refractivity contribution in [3.05, 3.63) is 48.3 Å². The maximum atomic E-state index is 12.8. The fraction of sp³-hybridized carbons (Fsp3) is 0.474. The Morgan fingerprint density at radius 2 is 2.00 bits per heavy atom. The highest BCUT2D eigenvalue weighted by Gasteiger charge is 2.29. The minimum Gasteiger partial charge on any atom is -0.493 e. The van der Waals surface area contributed by atoms with Crippen molar-refractivity contribution < 1.29 is 9.53 Å². The third-order valence-electron chi connectivity index (χ3n) is 4.75. The number of nitrogens with zero attached hydrogens (tertiary/aromatic N) is 3. The largest absolute Gasteiger partial charge is 0.493 e. The minimum atomic E-state index is -0.328. The van der Waals surface area contributed by atoms with Gasteiger partial charge >= 0.3 is 0 Å². The number of para-hydroxylation sites is 1. The molecule has 1 N–H and O–H groups in total. The van der Waals surface area contributed by atoms with Gasteiger partial charge in [-0.1, -0.05) is 18.2 Å². The van der Waals surface area contributed by atoms with E-state index in [1.165, 1.54) is 0 Å². The molecule has 0 saturated carbocycles. The molecule has 1 aromatic heterocycles. The predicted molar refractivity (Wildman–Crippen MR) is 103 cm³/mol. The Morgan fingerprint density at radius 1 is 1.31 bits per heavy atom. The number of nitrogens with one attached hydrogen (secondary N) is 1. The van der Waals surface area contributed by atoms with Gasteiger partial charge in [0.25, 0.3) is 0 Å². The lowest BCUT2D eigenvalue weighted by molar-refractivity contribution is -0.135. The maximum Gasteiger partial charge on any atom is 0.244 e. The van der Waals surface area contributed by atoms with Gasteiger partial charge in [0, 0.05) is 31.9 Å². The normalized spacial score (nSPS) is 16.0. The van der Waals surface area contributed by atoms with E-state index in [1.807, 2.05) is 55.5 Å². The van der Waals surface area contributed by atoms with Crippen LogP contribution in [0.5, 0.6) is 5.75 Å².